The molecule has 0 amide bonds. The Labute approximate surface area is 81.4 Å². The molecule has 0 atom stereocenters. The van der Waals surface area contributed by atoms with Gasteiger partial charge in [-0.25, -0.2) is 0 Å². The zero-order valence-corrected chi connectivity index (χ0v) is 7.57. The largest absolute Gasteiger partial charge is 0.361 e. The summed E-state index contributed by atoms with van der Waals surface area (Å²) in [7, 11) is 0. The molecule has 0 radical (unpaired) electrons. The summed E-state index contributed by atoms with van der Waals surface area (Å²) in [6.45, 7) is 0. The van der Waals surface area contributed by atoms with E-state index in [-0.39, 0.29) is 0 Å². The number of benzene rings is 2. The minimum atomic E-state index is 0.743. The van der Waals surface area contributed by atoms with Crippen molar-refractivity contribution < 1.29 is 4.79 Å². The van der Waals surface area contributed by atoms with E-state index in [1.54, 1.807) is 0 Å². The molecule has 1 aliphatic rings. The van der Waals surface area contributed by atoms with E-state index in [0.717, 1.165) is 17.7 Å². The van der Waals surface area contributed by atoms with Gasteiger partial charge >= 0.3 is 5.71 Å². The minimum Gasteiger partial charge on any atom is -0.361 e. The third-order valence-electron chi connectivity index (χ3n) is 2.78. The third-order valence-corrected chi connectivity index (χ3v) is 2.78. The number of hydrogen-bond donors (Lipinski definition) is 0. The van der Waals surface area contributed by atoms with Gasteiger partial charge in [-0.3, -0.25) is 0 Å². The second kappa shape index (κ2) is 2.53. The molecule has 0 aliphatic heterocycles. The SMILES string of the molecule is [N-]=[N+]=C1Cc2cccc3cccc1c23. The first-order valence-electron chi connectivity index (χ1n) is 4.62. The van der Waals surface area contributed by atoms with Gasteiger partial charge in [0.05, 0.1) is 12.0 Å². The first-order valence-corrected chi connectivity index (χ1v) is 4.62. The average molecular weight is 180 g/mol. The van der Waals surface area contributed by atoms with Crippen LogP contribution in [-0.2, 0) is 6.42 Å². The lowest BCUT2D eigenvalue weighted by atomic mass is 10.1. The van der Waals surface area contributed by atoms with Crippen molar-refractivity contribution in [2.75, 3.05) is 0 Å². The molecule has 0 aromatic heterocycles. The maximum absolute atomic E-state index is 8.88. The summed E-state index contributed by atoms with van der Waals surface area (Å²) in [5.41, 5.74) is 12.0. The zero-order valence-electron chi connectivity index (χ0n) is 7.57. The van der Waals surface area contributed by atoms with Gasteiger partial charge in [0.15, 0.2) is 0 Å². The van der Waals surface area contributed by atoms with Gasteiger partial charge in [0.1, 0.15) is 0 Å². The smallest absolute Gasteiger partial charge is 0.304 e. The molecule has 3 rings (SSSR count). The van der Waals surface area contributed by atoms with Gasteiger partial charge in [-0.2, -0.15) is 4.79 Å². The monoisotopic (exact) mass is 180 g/mol. The molecule has 0 heterocycles. The summed E-state index contributed by atoms with van der Waals surface area (Å²) in [5.74, 6) is 0. The maximum atomic E-state index is 8.88. The van der Waals surface area contributed by atoms with E-state index >= 15 is 0 Å². The molecule has 0 N–H and O–H groups in total. The summed E-state index contributed by atoms with van der Waals surface area (Å²) in [6, 6.07) is 12.3. The van der Waals surface area contributed by atoms with Gasteiger partial charge in [-0.1, -0.05) is 30.3 Å². The van der Waals surface area contributed by atoms with Crippen LogP contribution in [0.5, 0.6) is 0 Å². The molecule has 2 aromatic rings. The summed E-state index contributed by atoms with van der Waals surface area (Å²) in [5, 5.41) is 2.46. The van der Waals surface area contributed by atoms with Crippen molar-refractivity contribution in [2.24, 2.45) is 0 Å². The molecule has 0 unspecified atom stereocenters. The maximum Gasteiger partial charge on any atom is 0.304 e. The van der Waals surface area contributed by atoms with Crippen molar-refractivity contribution in [2.45, 2.75) is 6.42 Å². The van der Waals surface area contributed by atoms with Gasteiger partial charge in [0.2, 0.25) is 0 Å². The van der Waals surface area contributed by atoms with E-state index in [0.29, 0.717) is 0 Å². The van der Waals surface area contributed by atoms with E-state index in [1.807, 2.05) is 18.2 Å². The highest BCUT2D eigenvalue weighted by Gasteiger charge is 2.25. The molecule has 66 valence electrons. The van der Waals surface area contributed by atoms with Gasteiger partial charge < -0.3 is 5.53 Å². The molecule has 0 saturated carbocycles. The fourth-order valence-corrected chi connectivity index (χ4v) is 2.17. The topological polar surface area (TPSA) is 36.4 Å². The second-order valence-corrected chi connectivity index (χ2v) is 3.54. The number of nitrogens with zero attached hydrogens (tertiary/aromatic N) is 2. The van der Waals surface area contributed by atoms with Crippen LogP contribution in [0.4, 0.5) is 0 Å². The van der Waals surface area contributed by atoms with E-state index in [4.69, 9.17) is 5.53 Å². The van der Waals surface area contributed by atoms with Gasteiger partial charge in [0, 0.05) is 5.39 Å². The Morgan fingerprint density at radius 1 is 1.07 bits per heavy atom. The molecule has 14 heavy (non-hydrogen) atoms. The lowest BCUT2D eigenvalue weighted by Crippen LogP contribution is -1.97. The number of hydrogen-bond acceptors (Lipinski definition) is 0. The Bertz CT molecular complexity index is 573. The van der Waals surface area contributed by atoms with Crippen molar-refractivity contribution in [3.05, 3.63) is 53.1 Å². The van der Waals surface area contributed by atoms with E-state index in [9.17, 15) is 0 Å². The second-order valence-electron chi connectivity index (χ2n) is 3.54. The van der Waals surface area contributed by atoms with Crippen molar-refractivity contribution >= 4 is 16.5 Å². The Balaban J connectivity index is 2.56. The standard InChI is InChI=1S/C12H8N2/c13-14-11-7-9-5-1-3-8-4-2-6-10(11)12(8)9/h1-6H,7H2. The molecule has 2 nitrogen and oxygen atoms in total. The van der Waals surface area contributed by atoms with Crippen molar-refractivity contribution in [1.82, 2.24) is 0 Å². The fourth-order valence-electron chi connectivity index (χ4n) is 2.17. The van der Waals surface area contributed by atoms with Crippen LogP contribution in [-0.4, -0.2) is 10.5 Å². The van der Waals surface area contributed by atoms with E-state index in [2.05, 4.69) is 23.0 Å². The molecule has 2 heteroatoms. The molecular weight excluding hydrogens is 172 g/mol. The Morgan fingerprint density at radius 3 is 2.64 bits per heavy atom. The van der Waals surface area contributed by atoms with E-state index < -0.39 is 0 Å². The third kappa shape index (κ3) is 0.808. The summed E-state index contributed by atoms with van der Waals surface area (Å²) >= 11 is 0. The molecule has 0 saturated heterocycles. The van der Waals surface area contributed by atoms with Crippen LogP contribution < -0.4 is 0 Å². The van der Waals surface area contributed by atoms with Crippen LogP contribution in [0.3, 0.4) is 0 Å². The van der Waals surface area contributed by atoms with Crippen LogP contribution in [0.2, 0.25) is 0 Å². The normalized spacial score (nSPS) is 13.3. The lowest BCUT2D eigenvalue weighted by Gasteiger charge is -1.97. The highest BCUT2D eigenvalue weighted by molar-refractivity contribution is 6.15. The first-order chi connectivity index (χ1) is 6.90. The van der Waals surface area contributed by atoms with E-state index in [1.165, 1.54) is 16.3 Å². The first kappa shape index (κ1) is 7.48. The van der Waals surface area contributed by atoms with Gasteiger partial charge in [-0.05, 0) is 17.0 Å². The minimum absolute atomic E-state index is 0.743. The average Bonchev–Trinajstić information content (AvgIpc) is 2.60. The van der Waals surface area contributed by atoms with Crippen LogP contribution in [0.15, 0.2) is 36.4 Å². The van der Waals surface area contributed by atoms with Gasteiger partial charge in [-0.15, -0.1) is 0 Å². The molecule has 2 aromatic carbocycles. The zero-order chi connectivity index (χ0) is 9.54. The van der Waals surface area contributed by atoms with Crippen LogP contribution in [0.25, 0.3) is 16.3 Å². The number of rotatable bonds is 0. The van der Waals surface area contributed by atoms with Crippen LogP contribution in [0, 0.1) is 0 Å². The molecule has 1 aliphatic carbocycles. The quantitative estimate of drug-likeness (QED) is 0.441. The Morgan fingerprint density at radius 2 is 1.86 bits per heavy atom. The molecule has 0 spiro atoms. The highest BCUT2D eigenvalue weighted by atomic mass is 14.9. The Kier molecular flexibility index (Phi) is 1.35. The van der Waals surface area contributed by atoms with Crippen LogP contribution in [0.1, 0.15) is 11.1 Å². The molecular formula is C12H8N2. The summed E-state index contributed by atoms with van der Waals surface area (Å²) in [4.78, 5) is 3.34. The molecule has 0 bridgehead atoms. The Hall–Kier alpha value is -1.92. The van der Waals surface area contributed by atoms with Crippen molar-refractivity contribution in [3.8, 4) is 0 Å². The fraction of sp³-hybridized carbons (Fsp3) is 0.0833. The van der Waals surface area contributed by atoms with Crippen LogP contribution >= 0.6 is 0 Å². The van der Waals surface area contributed by atoms with Crippen molar-refractivity contribution in [1.29, 1.82) is 0 Å². The summed E-state index contributed by atoms with van der Waals surface area (Å²) in [6.07, 6.45) is 0.743. The van der Waals surface area contributed by atoms with Crippen molar-refractivity contribution in [3.63, 3.8) is 0 Å². The summed E-state index contributed by atoms with van der Waals surface area (Å²) < 4.78 is 0. The predicted octanol–water partition coefficient (Wildman–Crippen LogP) is 2.41. The molecule has 0 fully saturated rings. The van der Waals surface area contributed by atoms with Gasteiger partial charge in [0.25, 0.3) is 0 Å². The highest BCUT2D eigenvalue weighted by Crippen LogP contribution is 2.29. The lowest BCUT2D eigenvalue weighted by molar-refractivity contribution is -0.00566. The predicted molar refractivity (Wildman–Crippen MR) is 55.4 cm³/mol.